The van der Waals surface area contributed by atoms with Gasteiger partial charge in [0.1, 0.15) is 11.6 Å². The maximum absolute atomic E-state index is 13.1. The van der Waals surface area contributed by atoms with Crippen LogP contribution in [0.2, 0.25) is 0 Å². The number of hydrogen-bond acceptors (Lipinski definition) is 2. The van der Waals surface area contributed by atoms with E-state index in [-0.39, 0.29) is 23.3 Å². The van der Waals surface area contributed by atoms with Gasteiger partial charge in [-0.05, 0) is 37.5 Å². The Bertz CT molecular complexity index is 449. The average molecular weight is 272 g/mol. The molecule has 1 aromatic carbocycles. The van der Waals surface area contributed by atoms with Gasteiger partial charge in [0, 0.05) is 18.5 Å². The van der Waals surface area contributed by atoms with E-state index in [1.807, 2.05) is 0 Å². The molecular formula is C13H15ClFNO2. The van der Waals surface area contributed by atoms with Gasteiger partial charge in [-0.3, -0.25) is 4.79 Å². The molecule has 3 nitrogen and oxygen atoms in total. The molecule has 0 radical (unpaired) electrons. The lowest BCUT2D eigenvalue weighted by Gasteiger charge is -2.37. The van der Waals surface area contributed by atoms with Crippen molar-refractivity contribution >= 4 is 17.5 Å². The zero-order valence-corrected chi connectivity index (χ0v) is 10.7. The summed E-state index contributed by atoms with van der Waals surface area (Å²) in [7, 11) is 0. The topological polar surface area (TPSA) is 40.5 Å². The van der Waals surface area contributed by atoms with E-state index in [1.165, 1.54) is 6.07 Å². The smallest absolute Gasteiger partial charge is 0.258 e. The molecule has 98 valence electrons. The number of amides is 1. The highest BCUT2D eigenvalue weighted by atomic mass is 35.5. The third kappa shape index (κ3) is 2.58. The molecule has 0 spiro atoms. The van der Waals surface area contributed by atoms with Crippen LogP contribution in [-0.4, -0.2) is 34.4 Å². The Balaban J connectivity index is 2.23. The highest BCUT2D eigenvalue weighted by molar-refractivity contribution is 6.18. The van der Waals surface area contributed by atoms with E-state index in [0.717, 1.165) is 31.4 Å². The van der Waals surface area contributed by atoms with Gasteiger partial charge in [0.05, 0.1) is 5.56 Å². The number of aromatic hydroxyl groups is 1. The van der Waals surface area contributed by atoms with E-state index >= 15 is 0 Å². The summed E-state index contributed by atoms with van der Waals surface area (Å²) < 4.78 is 13.1. The fraction of sp³-hybridized carbons (Fsp3) is 0.462. The van der Waals surface area contributed by atoms with Crippen LogP contribution in [0.25, 0.3) is 0 Å². The standard InChI is InChI=1S/C13H15ClFNO2/c14-6-7-16(10-2-1-3-10)13(18)11-8-9(15)4-5-12(11)17/h4-5,8,10,17H,1-3,6-7H2. The molecule has 0 unspecified atom stereocenters. The molecule has 0 saturated heterocycles. The van der Waals surface area contributed by atoms with Gasteiger partial charge in [-0.1, -0.05) is 0 Å². The van der Waals surface area contributed by atoms with Crippen molar-refractivity contribution in [3.05, 3.63) is 29.6 Å². The van der Waals surface area contributed by atoms with E-state index in [0.29, 0.717) is 12.4 Å². The Kier molecular flexibility index (Phi) is 4.07. The Morgan fingerprint density at radius 3 is 2.78 bits per heavy atom. The maximum atomic E-state index is 13.1. The summed E-state index contributed by atoms with van der Waals surface area (Å²) in [4.78, 5) is 13.9. The monoisotopic (exact) mass is 271 g/mol. The first kappa shape index (κ1) is 13.1. The molecule has 1 aromatic rings. The Labute approximate surface area is 110 Å². The quantitative estimate of drug-likeness (QED) is 0.856. The van der Waals surface area contributed by atoms with Gasteiger partial charge in [0.2, 0.25) is 0 Å². The maximum Gasteiger partial charge on any atom is 0.258 e. The van der Waals surface area contributed by atoms with Crippen molar-refractivity contribution in [1.29, 1.82) is 0 Å². The fourth-order valence-electron chi connectivity index (χ4n) is 2.07. The minimum Gasteiger partial charge on any atom is -0.507 e. The first-order chi connectivity index (χ1) is 8.63. The average Bonchev–Trinajstić information content (AvgIpc) is 2.28. The van der Waals surface area contributed by atoms with Crippen LogP contribution >= 0.6 is 11.6 Å². The van der Waals surface area contributed by atoms with Crippen LogP contribution < -0.4 is 0 Å². The number of alkyl halides is 1. The van der Waals surface area contributed by atoms with Crippen molar-refractivity contribution in [2.45, 2.75) is 25.3 Å². The molecule has 0 atom stereocenters. The number of phenolic OH excluding ortho intramolecular Hbond substituents is 1. The van der Waals surface area contributed by atoms with Crippen LogP contribution in [0.1, 0.15) is 29.6 Å². The van der Waals surface area contributed by atoms with E-state index in [9.17, 15) is 14.3 Å². The van der Waals surface area contributed by atoms with Crippen molar-refractivity contribution < 1.29 is 14.3 Å². The number of carbonyl (C=O) groups is 1. The van der Waals surface area contributed by atoms with Crippen LogP contribution in [-0.2, 0) is 0 Å². The van der Waals surface area contributed by atoms with Crippen LogP contribution in [0, 0.1) is 5.82 Å². The highest BCUT2D eigenvalue weighted by Crippen LogP contribution is 2.28. The molecule has 0 heterocycles. The molecule has 18 heavy (non-hydrogen) atoms. The molecular weight excluding hydrogens is 257 g/mol. The van der Waals surface area contributed by atoms with Gasteiger partial charge in [-0.25, -0.2) is 4.39 Å². The lowest BCUT2D eigenvalue weighted by Crippen LogP contribution is -2.45. The molecule has 1 aliphatic rings. The van der Waals surface area contributed by atoms with Crippen molar-refractivity contribution in [3.8, 4) is 5.75 Å². The minimum absolute atomic E-state index is 0.00650. The minimum atomic E-state index is -0.532. The number of phenols is 1. The molecule has 1 saturated carbocycles. The summed E-state index contributed by atoms with van der Waals surface area (Å²) in [6.45, 7) is 0.418. The van der Waals surface area contributed by atoms with Gasteiger partial charge >= 0.3 is 0 Å². The normalized spacial score (nSPS) is 15.2. The molecule has 1 fully saturated rings. The van der Waals surface area contributed by atoms with E-state index in [4.69, 9.17) is 11.6 Å². The summed E-state index contributed by atoms with van der Waals surface area (Å²) >= 11 is 5.69. The lowest BCUT2D eigenvalue weighted by atomic mass is 9.91. The first-order valence-corrected chi connectivity index (χ1v) is 6.52. The van der Waals surface area contributed by atoms with Gasteiger partial charge < -0.3 is 10.0 Å². The molecule has 5 heteroatoms. The molecule has 0 aromatic heterocycles. The lowest BCUT2D eigenvalue weighted by molar-refractivity contribution is 0.0594. The van der Waals surface area contributed by atoms with Gasteiger partial charge in [0.25, 0.3) is 5.91 Å². The van der Waals surface area contributed by atoms with Crippen LogP contribution in [0.5, 0.6) is 5.75 Å². The predicted octanol–water partition coefficient (Wildman–Crippen LogP) is 2.76. The van der Waals surface area contributed by atoms with Crippen LogP contribution in [0.3, 0.4) is 0 Å². The largest absolute Gasteiger partial charge is 0.507 e. The van der Waals surface area contributed by atoms with Crippen molar-refractivity contribution in [2.75, 3.05) is 12.4 Å². The van der Waals surface area contributed by atoms with Gasteiger partial charge in [-0.2, -0.15) is 0 Å². The molecule has 2 rings (SSSR count). The number of nitrogens with zero attached hydrogens (tertiary/aromatic N) is 1. The third-order valence-corrected chi connectivity index (χ3v) is 3.46. The molecule has 1 aliphatic carbocycles. The molecule has 0 aliphatic heterocycles. The summed E-state index contributed by atoms with van der Waals surface area (Å²) in [5.74, 6) is -0.744. The van der Waals surface area contributed by atoms with Crippen molar-refractivity contribution in [2.24, 2.45) is 0 Å². The van der Waals surface area contributed by atoms with E-state index in [1.54, 1.807) is 4.90 Å². The Morgan fingerprint density at radius 2 is 2.22 bits per heavy atom. The van der Waals surface area contributed by atoms with Crippen molar-refractivity contribution in [3.63, 3.8) is 0 Å². The summed E-state index contributed by atoms with van der Waals surface area (Å²) in [5, 5.41) is 9.65. The highest BCUT2D eigenvalue weighted by Gasteiger charge is 2.30. The van der Waals surface area contributed by atoms with E-state index < -0.39 is 5.82 Å². The van der Waals surface area contributed by atoms with Crippen LogP contribution in [0.15, 0.2) is 18.2 Å². The zero-order chi connectivity index (χ0) is 13.1. The van der Waals surface area contributed by atoms with Gasteiger partial charge in [0.15, 0.2) is 0 Å². The van der Waals surface area contributed by atoms with Crippen molar-refractivity contribution in [1.82, 2.24) is 4.90 Å². The number of halogens is 2. The Hall–Kier alpha value is -1.29. The summed E-state index contributed by atoms with van der Waals surface area (Å²) in [6.07, 6.45) is 2.98. The van der Waals surface area contributed by atoms with E-state index in [2.05, 4.69) is 0 Å². The molecule has 0 bridgehead atoms. The summed E-state index contributed by atoms with van der Waals surface area (Å²) in [5.41, 5.74) is 0.00650. The number of benzene rings is 1. The summed E-state index contributed by atoms with van der Waals surface area (Å²) in [6, 6.07) is 3.56. The number of rotatable bonds is 4. The first-order valence-electron chi connectivity index (χ1n) is 5.99. The van der Waals surface area contributed by atoms with Crippen LogP contribution in [0.4, 0.5) is 4.39 Å². The third-order valence-electron chi connectivity index (χ3n) is 3.29. The Morgan fingerprint density at radius 1 is 1.50 bits per heavy atom. The molecule has 1 amide bonds. The number of carbonyl (C=O) groups excluding carboxylic acids is 1. The second-order valence-corrected chi connectivity index (χ2v) is 4.81. The fourth-order valence-corrected chi connectivity index (χ4v) is 2.26. The predicted molar refractivity (Wildman–Crippen MR) is 67.5 cm³/mol. The molecule has 1 N–H and O–H groups in total. The number of hydrogen-bond donors (Lipinski definition) is 1. The second kappa shape index (κ2) is 5.57. The zero-order valence-electron chi connectivity index (χ0n) is 9.90. The SMILES string of the molecule is O=C(c1cc(F)ccc1O)N(CCCl)C1CCC1. The second-order valence-electron chi connectivity index (χ2n) is 4.43. The van der Waals surface area contributed by atoms with Gasteiger partial charge in [-0.15, -0.1) is 11.6 Å².